The molecule has 3 rings (SSSR count). The van der Waals surface area contributed by atoms with Crippen LogP contribution in [0.3, 0.4) is 0 Å². The predicted molar refractivity (Wildman–Crippen MR) is 73.8 cm³/mol. The standard InChI is InChI=1S/C16H21Cl/c1-11-15(8-9-16(11)17)14-7-3-6-13(10-14)12-4-2-5-12/h3,6-7,10-12,15-16H,2,4-5,8-9H2,1H3. The zero-order chi connectivity index (χ0) is 11.8. The van der Waals surface area contributed by atoms with Gasteiger partial charge in [0.25, 0.3) is 0 Å². The van der Waals surface area contributed by atoms with Crippen molar-refractivity contribution in [2.24, 2.45) is 5.92 Å². The molecule has 1 aromatic carbocycles. The van der Waals surface area contributed by atoms with Gasteiger partial charge in [-0.25, -0.2) is 0 Å². The lowest BCUT2D eigenvalue weighted by atomic mass is 9.78. The summed E-state index contributed by atoms with van der Waals surface area (Å²) >= 11 is 6.35. The maximum atomic E-state index is 6.35. The topological polar surface area (TPSA) is 0 Å². The number of benzene rings is 1. The summed E-state index contributed by atoms with van der Waals surface area (Å²) < 4.78 is 0. The van der Waals surface area contributed by atoms with Crippen LogP contribution < -0.4 is 0 Å². The average molecular weight is 249 g/mol. The van der Waals surface area contributed by atoms with Crippen LogP contribution in [0.5, 0.6) is 0 Å². The molecule has 0 aromatic heterocycles. The number of hydrogen-bond acceptors (Lipinski definition) is 0. The van der Waals surface area contributed by atoms with Crippen LogP contribution in [0, 0.1) is 5.92 Å². The minimum atomic E-state index is 0.382. The van der Waals surface area contributed by atoms with Crippen molar-refractivity contribution in [1.82, 2.24) is 0 Å². The van der Waals surface area contributed by atoms with E-state index in [-0.39, 0.29) is 0 Å². The average Bonchev–Trinajstić information content (AvgIpc) is 2.58. The first-order chi connectivity index (χ1) is 8.25. The van der Waals surface area contributed by atoms with E-state index in [0.29, 0.717) is 17.2 Å². The predicted octanol–water partition coefficient (Wildman–Crippen LogP) is 5.08. The van der Waals surface area contributed by atoms with Gasteiger partial charge in [0.15, 0.2) is 0 Å². The summed E-state index contributed by atoms with van der Waals surface area (Å²) in [5, 5.41) is 0.382. The van der Waals surface area contributed by atoms with Gasteiger partial charge >= 0.3 is 0 Å². The fourth-order valence-corrected chi connectivity index (χ4v) is 3.67. The fraction of sp³-hybridized carbons (Fsp3) is 0.625. The van der Waals surface area contributed by atoms with Crippen LogP contribution in [0.2, 0.25) is 0 Å². The molecule has 0 bridgehead atoms. The van der Waals surface area contributed by atoms with E-state index in [1.807, 2.05) is 0 Å². The molecule has 0 spiro atoms. The Morgan fingerprint density at radius 1 is 1.06 bits per heavy atom. The highest BCUT2D eigenvalue weighted by Gasteiger charge is 2.32. The third-order valence-corrected chi connectivity index (χ3v) is 5.49. The Balaban J connectivity index is 1.82. The summed E-state index contributed by atoms with van der Waals surface area (Å²) in [4.78, 5) is 0. The molecule has 0 N–H and O–H groups in total. The summed E-state index contributed by atoms with van der Waals surface area (Å²) in [6, 6.07) is 9.32. The minimum absolute atomic E-state index is 0.382. The van der Waals surface area contributed by atoms with Crippen molar-refractivity contribution >= 4 is 11.6 Å². The summed E-state index contributed by atoms with van der Waals surface area (Å²) in [6.07, 6.45) is 6.65. The molecule has 0 saturated heterocycles. The zero-order valence-electron chi connectivity index (χ0n) is 10.5. The molecule has 0 aliphatic heterocycles. The lowest BCUT2D eigenvalue weighted by Gasteiger charge is -2.27. The lowest BCUT2D eigenvalue weighted by Crippen LogP contribution is -2.12. The number of rotatable bonds is 2. The SMILES string of the molecule is CC1C(Cl)CCC1c1cccc(C2CCC2)c1. The largest absolute Gasteiger partial charge is 0.123 e. The molecule has 0 amide bonds. The van der Waals surface area contributed by atoms with Gasteiger partial charge in [0.05, 0.1) is 0 Å². The first kappa shape index (κ1) is 11.6. The van der Waals surface area contributed by atoms with Gasteiger partial charge in [0.2, 0.25) is 0 Å². The van der Waals surface area contributed by atoms with Crippen LogP contribution in [0.4, 0.5) is 0 Å². The van der Waals surface area contributed by atoms with Crippen molar-refractivity contribution in [3.8, 4) is 0 Å². The number of halogens is 1. The Bertz CT molecular complexity index is 394. The Morgan fingerprint density at radius 2 is 1.82 bits per heavy atom. The maximum absolute atomic E-state index is 6.35. The summed E-state index contributed by atoms with van der Waals surface area (Å²) in [6.45, 7) is 2.31. The van der Waals surface area contributed by atoms with E-state index in [9.17, 15) is 0 Å². The van der Waals surface area contributed by atoms with Crippen LogP contribution in [0.1, 0.15) is 62.0 Å². The molecule has 1 heteroatoms. The van der Waals surface area contributed by atoms with Crippen LogP contribution in [0.25, 0.3) is 0 Å². The normalized spacial score (nSPS) is 33.6. The van der Waals surface area contributed by atoms with Crippen LogP contribution >= 0.6 is 11.6 Å². The van der Waals surface area contributed by atoms with E-state index >= 15 is 0 Å². The lowest BCUT2D eigenvalue weighted by molar-refractivity contribution is 0.419. The molecular formula is C16H21Cl. The molecular weight excluding hydrogens is 228 g/mol. The molecule has 92 valence electrons. The molecule has 17 heavy (non-hydrogen) atoms. The van der Waals surface area contributed by atoms with Crippen molar-refractivity contribution in [3.05, 3.63) is 35.4 Å². The van der Waals surface area contributed by atoms with E-state index in [0.717, 1.165) is 5.92 Å². The number of alkyl halides is 1. The highest BCUT2D eigenvalue weighted by molar-refractivity contribution is 6.21. The van der Waals surface area contributed by atoms with Crippen molar-refractivity contribution in [2.75, 3.05) is 0 Å². The number of hydrogen-bond donors (Lipinski definition) is 0. The first-order valence-corrected chi connectivity index (χ1v) is 7.43. The second kappa shape index (κ2) is 4.65. The molecule has 3 unspecified atom stereocenters. The summed E-state index contributed by atoms with van der Waals surface area (Å²) in [5.74, 6) is 2.17. The molecule has 0 nitrogen and oxygen atoms in total. The van der Waals surface area contributed by atoms with Gasteiger partial charge in [-0.3, -0.25) is 0 Å². The highest BCUT2D eigenvalue weighted by Crippen LogP contribution is 2.43. The monoisotopic (exact) mass is 248 g/mol. The van der Waals surface area contributed by atoms with Gasteiger partial charge in [-0.1, -0.05) is 37.6 Å². The molecule has 3 atom stereocenters. The van der Waals surface area contributed by atoms with Crippen LogP contribution in [-0.4, -0.2) is 5.38 Å². The van der Waals surface area contributed by atoms with E-state index < -0.39 is 0 Å². The molecule has 2 aliphatic rings. The summed E-state index contributed by atoms with van der Waals surface area (Å²) in [5.41, 5.74) is 3.10. The summed E-state index contributed by atoms with van der Waals surface area (Å²) in [7, 11) is 0. The molecule has 0 heterocycles. The third kappa shape index (κ3) is 2.12. The highest BCUT2D eigenvalue weighted by atomic mass is 35.5. The van der Waals surface area contributed by atoms with Gasteiger partial charge < -0.3 is 0 Å². The Labute approximate surface area is 109 Å². The van der Waals surface area contributed by atoms with Crippen molar-refractivity contribution < 1.29 is 0 Å². The van der Waals surface area contributed by atoms with Crippen molar-refractivity contribution in [2.45, 2.75) is 56.2 Å². The Morgan fingerprint density at radius 3 is 2.41 bits per heavy atom. The van der Waals surface area contributed by atoms with Gasteiger partial charge in [-0.2, -0.15) is 0 Å². The molecule has 2 saturated carbocycles. The maximum Gasteiger partial charge on any atom is 0.0367 e. The molecule has 2 fully saturated rings. The second-order valence-corrected chi connectivity index (χ2v) is 6.42. The fourth-order valence-electron chi connectivity index (χ4n) is 3.37. The zero-order valence-corrected chi connectivity index (χ0v) is 11.3. The van der Waals surface area contributed by atoms with Gasteiger partial charge in [-0.15, -0.1) is 11.6 Å². The van der Waals surface area contributed by atoms with Crippen molar-refractivity contribution in [3.63, 3.8) is 0 Å². The quantitative estimate of drug-likeness (QED) is 0.641. The molecule has 2 aliphatic carbocycles. The van der Waals surface area contributed by atoms with E-state index in [1.165, 1.54) is 37.7 Å². The van der Waals surface area contributed by atoms with Crippen molar-refractivity contribution in [1.29, 1.82) is 0 Å². The van der Waals surface area contributed by atoms with Gasteiger partial charge in [-0.05, 0) is 54.6 Å². The van der Waals surface area contributed by atoms with Crippen LogP contribution in [-0.2, 0) is 0 Å². The first-order valence-electron chi connectivity index (χ1n) is 6.99. The molecule has 0 radical (unpaired) electrons. The van der Waals surface area contributed by atoms with Gasteiger partial charge in [0, 0.05) is 5.38 Å². The van der Waals surface area contributed by atoms with E-state index in [1.54, 1.807) is 5.56 Å². The molecule has 1 aromatic rings. The van der Waals surface area contributed by atoms with Gasteiger partial charge in [0.1, 0.15) is 0 Å². The Hall–Kier alpha value is -0.490. The second-order valence-electron chi connectivity index (χ2n) is 5.86. The smallest absolute Gasteiger partial charge is 0.0367 e. The van der Waals surface area contributed by atoms with E-state index in [4.69, 9.17) is 11.6 Å². The third-order valence-electron chi connectivity index (χ3n) is 4.87. The van der Waals surface area contributed by atoms with E-state index in [2.05, 4.69) is 31.2 Å². The van der Waals surface area contributed by atoms with Crippen LogP contribution in [0.15, 0.2) is 24.3 Å². The minimum Gasteiger partial charge on any atom is -0.123 e. The Kier molecular flexibility index (Phi) is 3.17.